The molecule has 0 aromatic carbocycles. The molecular formula is C23H33N7O2. The van der Waals surface area contributed by atoms with Crippen molar-refractivity contribution in [3.05, 3.63) is 29.3 Å². The van der Waals surface area contributed by atoms with Gasteiger partial charge in [-0.25, -0.2) is 9.97 Å². The van der Waals surface area contributed by atoms with E-state index in [0.29, 0.717) is 19.0 Å². The fourth-order valence-corrected chi connectivity index (χ4v) is 4.84. The zero-order valence-corrected chi connectivity index (χ0v) is 19.2. The Balaban J connectivity index is 1.35. The molecule has 2 N–H and O–H groups in total. The van der Waals surface area contributed by atoms with Crippen LogP contribution in [-0.2, 0) is 16.0 Å². The maximum absolute atomic E-state index is 13.1. The van der Waals surface area contributed by atoms with E-state index in [9.17, 15) is 9.59 Å². The highest BCUT2D eigenvalue weighted by atomic mass is 16.2. The van der Waals surface area contributed by atoms with E-state index >= 15 is 0 Å². The maximum Gasteiger partial charge on any atom is 0.225 e. The number of rotatable bonds is 5. The van der Waals surface area contributed by atoms with Gasteiger partial charge in [-0.1, -0.05) is 0 Å². The van der Waals surface area contributed by atoms with Crippen LogP contribution in [0.1, 0.15) is 49.8 Å². The first-order chi connectivity index (χ1) is 15.4. The number of amides is 2. The predicted molar refractivity (Wildman–Crippen MR) is 121 cm³/mol. The quantitative estimate of drug-likeness (QED) is 0.742. The van der Waals surface area contributed by atoms with Crippen molar-refractivity contribution in [1.29, 1.82) is 0 Å². The van der Waals surface area contributed by atoms with Gasteiger partial charge in [0.1, 0.15) is 11.6 Å². The third-order valence-corrected chi connectivity index (χ3v) is 6.47. The number of carbonyl (C=O) groups is 2. The standard InChI is InChI=1S/C23H33N7O2/c1-15-11-22(28-27-15)26-21-13-20(24-16(2)25-21)12-18-5-4-8-30(14-18)23(32)19-6-9-29(10-7-19)17(3)31/h11,13,18-19H,4-10,12,14H2,1-3H3,(H2,24,25,26,27,28). The second kappa shape index (κ2) is 9.67. The van der Waals surface area contributed by atoms with Gasteiger partial charge < -0.3 is 15.1 Å². The number of nitrogens with zero attached hydrogens (tertiary/aromatic N) is 5. The highest BCUT2D eigenvalue weighted by molar-refractivity contribution is 5.80. The molecule has 2 aromatic heterocycles. The van der Waals surface area contributed by atoms with Crippen molar-refractivity contribution >= 4 is 23.5 Å². The van der Waals surface area contributed by atoms with Gasteiger partial charge in [0.2, 0.25) is 11.8 Å². The van der Waals surface area contributed by atoms with Crippen LogP contribution in [0.2, 0.25) is 0 Å². The molecule has 2 fully saturated rings. The number of carbonyl (C=O) groups excluding carboxylic acids is 2. The summed E-state index contributed by atoms with van der Waals surface area (Å²) in [6.45, 7) is 8.44. The number of hydrogen-bond acceptors (Lipinski definition) is 6. The van der Waals surface area contributed by atoms with Gasteiger partial charge in [0.05, 0.1) is 0 Å². The number of anilines is 2. The van der Waals surface area contributed by atoms with Crippen LogP contribution in [0, 0.1) is 25.7 Å². The molecule has 2 amide bonds. The molecule has 0 bridgehead atoms. The molecule has 1 unspecified atom stereocenters. The lowest BCUT2D eigenvalue weighted by Gasteiger charge is -2.37. The molecule has 0 saturated carbocycles. The largest absolute Gasteiger partial charge is 0.343 e. The SMILES string of the molecule is CC(=O)N1CCC(C(=O)N2CCCC(Cc3cc(Nc4cc(C)[nH]n4)nc(C)n3)C2)CC1. The van der Waals surface area contributed by atoms with E-state index in [0.717, 1.165) is 74.0 Å². The summed E-state index contributed by atoms with van der Waals surface area (Å²) in [4.78, 5) is 37.7. The van der Waals surface area contributed by atoms with Crippen LogP contribution in [0.5, 0.6) is 0 Å². The molecule has 0 spiro atoms. The van der Waals surface area contributed by atoms with Crippen molar-refractivity contribution in [2.45, 2.75) is 52.9 Å². The zero-order chi connectivity index (χ0) is 22.7. The van der Waals surface area contributed by atoms with E-state index in [4.69, 9.17) is 0 Å². The fourth-order valence-electron chi connectivity index (χ4n) is 4.84. The Morgan fingerprint density at radius 3 is 2.53 bits per heavy atom. The number of H-pyrrole nitrogens is 1. The van der Waals surface area contributed by atoms with Crippen LogP contribution in [0.3, 0.4) is 0 Å². The van der Waals surface area contributed by atoms with Gasteiger partial charge in [0.15, 0.2) is 5.82 Å². The lowest BCUT2D eigenvalue weighted by atomic mass is 9.90. The molecule has 9 heteroatoms. The van der Waals surface area contributed by atoms with Crippen LogP contribution in [0.15, 0.2) is 12.1 Å². The number of aryl methyl sites for hydroxylation is 2. The molecule has 32 heavy (non-hydrogen) atoms. The van der Waals surface area contributed by atoms with Crippen molar-refractivity contribution in [2.75, 3.05) is 31.5 Å². The molecule has 9 nitrogen and oxygen atoms in total. The van der Waals surface area contributed by atoms with Gasteiger partial charge in [0, 0.05) is 62.5 Å². The third-order valence-electron chi connectivity index (χ3n) is 6.47. The molecule has 2 aliphatic heterocycles. The van der Waals surface area contributed by atoms with Gasteiger partial charge in [-0.3, -0.25) is 14.7 Å². The Hall–Kier alpha value is -2.97. The number of aromatic amines is 1. The maximum atomic E-state index is 13.1. The molecule has 4 heterocycles. The van der Waals surface area contributed by atoms with Crippen LogP contribution in [0.25, 0.3) is 0 Å². The van der Waals surface area contributed by atoms with Crippen LogP contribution in [-0.4, -0.2) is 68.0 Å². The Morgan fingerprint density at radius 1 is 1.06 bits per heavy atom. The first-order valence-electron chi connectivity index (χ1n) is 11.6. The molecule has 0 aliphatic carbocycles. The zero-order valence-electron chi connectivity index (χ0n) is 19.2. The number of piperidine rings is 2. The minimum atomic E-state index is 0.0405. The summed E-state index contributed by atoms with van der Waals surface area (Å²) in [7, 11) is 0. The third kappa shape index (κ3) is 5.44. The lowest BCUT2D eigenvalue weighted by molar-refractivity contribution is -0.141. The molecule has 2 aromatic rings. The normalized spacial score (nSPS) is 19.8. The van der Waals surface area contributed by atoms with E-state index < -0.39 is 0 Å². The van der Waals surface area contributed by atoms with E-state index in [2.05, 4.69) is 25.5 Å². The smallest absolute Gasteiger partial charge is 0.225 e. The summed E-state index contributed by atoms with van der Waals surface area (Å²) in [5.41, 5.74) is 1.97. The number of hydrogen-bond donors (Lipinski definition) is 2. The number of nitrogens with one attached hydrogen (secondary N) is 2. The fraction of sp³-hybridized carbons (Fsp3) is 0.609. The minimum Gasteiger partial charge on any atom is -0.343 e. The summed E-state index contributed by atoms with van der Waals surface area (Å²) < 4.78 is 0. The topological polar surface area (TPSA) is 107 Å². The Bertz CT molecular complexity index is 965. The Labute approximate surface area is 189 Å². The average molecular weight is 440 g/mol. The van der Waals surface area contributed by atoms with Crippen molar-refractivity contribution in [2.24, 2.45) is 11.8 Å². The van der Waals surface area contributed by atoms with E-state index in [1.807, 2.05) is 35.8 Å². The molecule has 2 saturated heterocycles. The van der Waals surface area contributed by atoms with Crippen LogP contribution >= 0.6 is 0 Å². The molecule has 2 aliphatic rings. The molecular weight excluding hydrogens is 406 g/mol. The van der Waals surface area contributed by atoms with E-state index in [1.165, 1.54) is 0 Å². The summed E-state index contributed by atoms with van der Waals surface area (Å²) in [5, 5.41) is 10.4. The van der Waals surface area contributed by atoms with Crippen molar-refractivity contribution < 1.29 is 9.59 Å². The minimum absolute atomic E-state index is 0.0405. The van der Waals surface area contributed by atoms with E-state index in [1.54, 1.807) is 6.92 Å². The predicted octanol–water partition coefficient (Wildman–Crippen LogP) is 2.60. The van der Waals surface area contributed by atoms with Gasteiger partial charge in [-0.2, -0.15) is 5.10 Å². The molecule has 1 atom stereocenters. The van der Waals surface area contributed by atoms with Gasteiger partial charge in [-0.05, 0) is 51.9 Å². The van der Waals surface area contributed by atoms with Gasteiger partial charge in [0.25, 0.3) is 0 Å². The monoisotopic (exact) mass is 439 g/mol. The highest BCUT2D eigenvalue weighted by Crippen LogP contribution is 2.26. The van der Waals surface area contributed by atoms with Crippen molar-refractivity contribution in [3.63, 3.8) is 0 Å². The number of likely N-dealkylation sites (tertiary alicyclic amines) is 2. The average Bonchev–Trinajstić information content (AvgIpc) is 3.17. The summed E-state index contributed by atoms with van der Waals surface area (Å²) in [6, 6.07) is 3.91. The number of aromatic nitrogens is 4. The molecule has 172 valence electrons. The highest BCUT2D eigenvalue weighted by Gasteiger charge is 2.32. The van der Waals surface area contributed by atoms with Gasteiger partial charge in [-0.15, -0.1) is 0 Å². The molecule has 0 radical (unpaired) electrons. The van der Waals surface area contributed by atoms with Gasteiger partial charge >= 0.3 is 0 Å². The van der Waals surface area contributed by atoms with E-state index in [-0.39, 0.29) is 17.7 Å². The Kier molecular flexibility index (Phi) is 6.72. The molecule has 4 rings (SSSR count). The lowest BCUT2D eigenvalue weighted by Crippen LogP contribution is -2.47. The first kappa shape index (κ1) is 22.2. The second-order valence-electron chi connectivity index (χ2n) is 9.13. The van der Waals surface area contributed by atoms with Crippen molar-refractivity contribution in [3.8, 4) is 0 Å². The first-order valence-corrected chi connectivity index (χ1v) is 11.6. The Morgan fingerprint density at radius 2 is 1.84 bits per heavy atom. The van der Waals surface area contributed by atoms with Crippen LogP contribution in [0.4, 0.5) is 11.6 Å². The summed E-state index contributed by atoms with van der Waals surface area (Å²) in [6.07, 6.45) is 4.48. The summed E-state index contributed by atoms with van der Waals surface area (Å²) >= 11 is 0. The second-order valence-corrected chi connectivity index (χ2v) is 9.13. The van der Waals surface area contributed by atoms with Crippen molar-refractivity contribution in [1.82, 2.24) is 30.0 Å². The van der Waals surface area contributed by atoms with Crippen LogP contribution < -0.4 is 5.32 Å². The summed E-state index contributed by atoms with van der Waals surface area (Å²) in [5.74, 6) is 2.98.